The zero-order chi connectivity index (χ0) is 19.2. The van der Waals surface area contributed by atoms with Crippen molar-refractivity contribution in [3.05, 3.63) is 42.2 Å². The summed E-state index contributed by atoms with van der Waals surface area (Å²) < 4.78 is 22.0. The number of rotatable bonds is 6. The van der Waals surface area contributed by atoms with Crippen molar-refractivity contribution in [2.24, 2.45) is 0 Å². The first kappa shape index (κ1) is 18.8. The number of pyridine rings is 1. The highest BCUT2D eigenvalue weighted by Gasteiger charge is 2.27. The number of benzene rings is 1. The fraction of sp³-hybridized carbons (Fsp3) is 0.400. The SMILES string of the molecule is COc1cc(C(=O)N2CCCC(Oc3ccncc3)C2)cc(OC)c1OC. The number of amides is 1. The molecule has 1 amide bonds. The quantitative estimate of drug-likeness (QED) is 0.777. The first-order chi connectivity index (χ1) is 13.2. The molecule has 1 aliphatic rings. The second-order valence-corrected chi connectivity index (χ2v) is 6.23. The lowest BCUT2D eigenvalue weighted by Gasteiger charge is -2.33. The summed E-state index contributed by atoms with van der Waals surface area (Å²) in [6.07, 6.45) is 5.12. The summed E-state index contributed by atoms with van der Waals surface area (Å²) in [6, 6.07) is 6.99. The van der Waals surface area contributed by atoms with Crippen molar-refractivity contribution in [2.45, 2.75) is 18.9 Å². The molecule has 1 aliphatic heterocycles. The lowest BCUT2D eigenvalue weighted by Crippen LogP contribution is -2.44. The molecule has 0 bridgehead atoms. The fourth-order valence-electron chi connectivity index (χ4n) is 3.22. The summed E-state index contributed by atoms with van der Waals surface area (Å²) in [5.74, 6) is 2.06. The largest absolute Gasteiger partial charge is 0.493 e. The summed E-state index contributed by atoms with van der Waals surface area (Å²) in [7, 11) is 4.60. The van der Waals surface area contributed by atoms with Gasteiger partial charge in [-0.25, -0.2) is 0 Å². The van der Waals surface area contributed by atoms with Crippen LogP contribution in [-0.2, 0) is 0 Å². The van der Waals surface area contributed by atoms with Crippen LogP contribution in [0.2, 0.25) is 0 Å². The van der Waals surface area contributed by atoms with Crippen molar-refractivity contribution in [1.82, 2.24) is 9.88 Å². The molecule has 1 atom stereocenters. The Morgan fingerprint density at radius 1 is 1.07 bits per heavy atom. The van der Waals surface area contributed by atoms with Crippen LogP contribution < -0.4 is 18.9 Å². The number of hydrogen-bond acceptors (Lipinski definition) is 6. The summed E-state index contributed by atoms with van der Waals surface area (Å²) in [6.45, 7) is 1.21. The third-order valence-corrected chi connectivity index (χ3v) is 4.53. The van der Waals surface area contributed by atoms with Crippen molar-refractivity contribution < 1.29 is 23.7 Å². The van der Waals surface area contributed by atoms with Crippen LogP contribution in [0.5, 0.6) is 23.0 Å². The maximum atomic E-state index is 13.0. The number of aromatic nitrogens is 1. The van der Waals surface area contributed by atoms with E-state index in [1.165, 1.54) is 21.3 Å². The number of carbonyl (C=O) groups excluding carboxylic acids is 1. The molecule has 3 rings (SSSR count). The van der Waals surface area contributed by atoms with E-state index in [2.05, 4.69) is 4.98 Å². The summed E-state index contributed by atoms with van der Waals surface area (Å²) in [4.78, 5) is 18.8. The molecule has 1 fully saturated rings. The van der Waals surface area contributed by atoms with Crippen LogP contribution in [0.15, 0.2) is 36.7 Å². The van der Waals surface area contributed by atoms with Gasteiger partial charge in [0.15, 0.2) is 11.5 Å². The summed E-state index contributed by atoms with van der Waals surface area (Å²) in [5.41, 5.74) is 0.495. The number of methoxy groups -OCH3 is 3. The predicted octanol–water partition coefficient (Wildman–Crippen LogP) is 2.79. The Morgan fingerprint density at radius 2 is 1.74 bits per heavy atom. The average Bonchev–Trinajstić information content (AvgIpc) is 2.73. The lowest BCUT2D eigenvalue weighted by atomic mass is 10.1. The van der Waals surface area contributed by atoms with Crippen molar-refractivity contribution in [3.8, 4) is 23.0 Å². The maximum absolute atomic E-state index is 13.0. The monoisotopic (exact) mass is 372 g/mol. The zero-order valence-corrected chi connectivity index (χ0v) is 15.8. The van der Waals surface area contributed by atoms with Gasteiger partial charge in [0.05, 0.1) is 27.9 Å². The molecule has 1 aromatic heterocycles. The zero-order valence-electron chi connectivity index (χ0n) is 15.8. The van der Waals surface area contributed by atoms with Crippen molar-refractivity contribution in [3.63, 3.8) is 0 Å². The molecule has 144 valence electrons. The molecule has 0 spiro atoms. The van der Waals surface area contributed by atoms with Crippen LogP contribution in [0.3, 0.4) is 0 Å². The number of carbonyl (C=O) groups is 1. The number of piperidine rings is 1. The number of ether oxygens (including phenoxy) is 4. The molecule has 0 radical (unpaired) electrons. The first-order valence-electron chi connectivity index (χ1n) is 8.82. The second kappa shape index (κ2) is 8.62. The highest BCUT2D eigenvalue weighted by atomic mass is 16.5. The molecular weight excluding hydrogens is 348 g/mol. The van der Waals surface area contributed by atoms with E-state index in [9.17, 15) is 4.79 Å². The molecule has 1 aromatic carbocycles. The number of nitrogens with zero attached hydrogens (tertiary/aromatic N) is 2. The Labute approximate surface area is 158 Å². The van der Waals surface area contributed by atoms with E-state index >= 15 is 0 Å². The van der Waals surface area contributed by atoms with Crippen molar-refractivity contribution in [2.75, 3.05) is 34.4 Å². The van der Waals surface area contributed by atoms with Gasteiger partial charge in [-0.3, -0.25) is 9.78 Å². The summed E-state index contributed by atoms with van der Waals surface area (Å²) >= 11 is 0. The third-order valence-electron chi connectivity index (χ3n) is 4.53. The second-order valence-electron chi connectivity index (χ2n) is 6.23. The van der Waals surface area contributed by atoms with Crippen LogP contribution in [0.4, 0.5) is 0 Å². The molecule has 7 heteroatoms. The van der Waals surface area contributed by atoms with E-state index in [4.69, 9.17) is 18.9 Å². The maximum Gasteiger partial charge on any atom is 0.254 e. The van der Waals surface area contributed by atoms with Crippen LogP contribution in [-0.4, -0.2) is 56.3 Å². The van der Waals surface area contributed by atoms with Gasteiger partial charge in [-0.1, -0.05) is 0 Å². The first-order valence-corrected chi connectivity index (χ1v) is 8.82. The van der Waals surface area contributed by atoms with E-state index in [0.29, 0.717) is 35.9 Å². The van der Waals surface area contributed by atoms with E-state index < -0.39 is 0 Å². The Morgan fingerprint density at radius 3 is 2.33 bits per heavy atom. The van der Waals surface area contributed by atoms with Crippen LogP contribution in [0, 0.1) is 0 Å². The molecule has 2 aromatic rings. The van der Waals surface area contributed by atoms with Crippen LogP contribution >= 0.6 is 0 Å². The Hall–Kier alpha value is -2.96. The van der Waals surface area contributed by atoms with E-state index in [-0.39, 0.29) is 12.0 Å². The van der Waals surface area contributed by atoms with Gasteiger partial charge < -0.3 is 23.8 Å². The number of likely N-dealkylation sites (tertiary alicyclic amines) is 1. The van der Waals surface area contributed by atoms with E-state index in [0.717, 1.165) is 18.6 Å². The highest BCUT2D eigenvalue weighted by molar-refractivity contribution is 5.95. The van der Waals surface area contributed by atoms with Gasteiger partial charge >= 0.3 is 0 Å². The molecule has 27 heavy (non-hydrogen) atoms. The van der Waals surface area contributed by atoms with E-state index in [1.54, 1.807) is 29.4 Å². The molecule has 0 aliphatic carbocycles. The Bertz CT molecular complexity index is 756. The minimum atomic E-state index is -0.0859. The minimum Gasteiger partial charge on any atom is -0.493 e. The standard InChI is InChI=1S/C20H24N2O5/c1-24-17-11-14(12-18(25-2)19(17)26-3)20(23)22-10-4-5-16(13-22)27-15-6-8-21-9-7-15/h6-9,11-12,16H,4-5,10,13H2,1-3H3. The number of hydrogen-bond donors (Lipinski definition) is 0. The van der Waals surface area contributed by atoms with Gasteiger partial charge in [0.2, 0.25) is 5.75 Å². The smallest absolute Gasteiger partial charge is 0.254 e. The van der Waals surface area contributed by atoms with Crippen LogP contribution in [0.1, 0.15) is 23.2 Å². The normalized spacial score (nSPS) is 16.6. The molecule has 0 saturated carbocycles. The molecule has 7 nitrogen and oxygen atoms in total. The van der Waals surface area contributed by atoms with Crippen LogP contribution in [0.25, 0.3) is 0 Å². The van der Waals surface area contributed by atoms with Gasteiger partial charge in [0.25, 0.3) is 5.91 Å². The van der Waals surface area contributed by atoms with Crippen molar-refractivity contribution >= 4 is 5.91 Å². The third kappa shape index (κ3) is 4.24. The van der Waals surface area contributed by atoms with Crippen molar-refractivity contribution in [1.29, 1.82) is 0 Å². The molecule has 1 saturated heterocycles. The Kier molecular flexibility index (Phi) is 6.01. The van der Waals surface area contributed by atoms with E-state index in [1.807, 2.05) is 12.1 Å². The topological polar surface area (TPSA) is 70.1 Å². The molecule has 1 unspecified atom stereocenters. The van der Waals surface area contributed by atoms with Gasteiger partial charge in [0, 0.05) is 24.5 Å². The van der Waals surface area contributed by atoms with Gasteiger partial charge in [-0.05, 0) is 37.1 Å². The lowest BCUT2D eigenvalue weighted by molar-refractivity contribution is 0.0537. The molecule has 2 heterocycles. The predicted molar refractivity (Wildman–Crippen MR) is 99.9 cm³/mol. The van der Waals surface area contributed by atoms with Gasteiger partial charge in [-0.2, -0.15) is 0 Å². The van der Waals surface area contributed by atoms with Gasteiger partial charge in [-0.15, -0.1) is 0 Å². The Balaban J connectivity index is 1.76. The fourth-order valence-corrected chi connectivity index (χ4v) is 3.22. The molecular formula is C20H24N2O5. The summed E-state index contributed by atoms with van der Waals surface area (Å²) in [5, 5.41) is 0. The van der Waals surface area contributed by atoms with Gasteiger partial charge in [0.1, 0.15) is 11.9 Å². The highest BCUT2D eigenvalue weighted by Crippen LogP contribution is 2.38. The molecule has 0 N–H and O–H groups in total. The average molecular weight is 372 g/mol. The minimum absolute atomic E-state index is 0.0489.